The predicted molar refractivity (Wildman–Crippen MR) is 83.1 cm³/mol. The van der Waals surface area contributed by atoms with Crippen LogP contribution in [-0.4, -0.2) is 33.4 Å². The van der Waals surface area contributed by atoms with Crippen LogP contribution in [0.1, 0.15) is 49.5 Å². The molecule has 0 radical (unpaired) electrons. The van der Waals surface area contributed by atoms with E-state index in [1.165, 1.54) is 19.3 Å². The maximum atomic E-state index is 12.7. The number of benzene rings is 1. The predicted octanol–water partition coefficient (Wildman–Crippen LogP) is 3.42. The number of nitrogens with zero attached hydrogens (tertiary/aromatic N) is 3. The number of carbonyl (C=O) groups is 1. The molecule has 0 atom stereocenters. The highest BCUT2D eigenvalue weighted by Gasteiger charge is 2.25. The third-order valence-electron chi connectivity index (χ3n) is 4.28. The molecule has 1 aromatic heterocycles. The minimum absolute atomic E-state index is 0.0163. The van der Waals surface area contributed by atoms with Crippen LogP contribution in [0.15, 0.2) is 30.5 Å². The highest BCUT2D eigenvalue weighted by molar-refractivity contribution is 5.94. The molecule has 0 spiro atoms. The molecule has 3 rings (SSSR count). The van der Waals surface area contributed by atoms with Crippen LogP contribution in [0, 0.1) is 0 Å². The molecule has 21 heavy (non-hydrogen) atoms. The molecule has 1 aliphatic carbocycles. The Morgan fingerprint density at radius 1 is 1.19 bits per heavy atom. The van der Waals surface area contributed by atoms with Gasteiger partial charge in [0.1, 0.15) is 5.69 Å². The van der Waals surface area contributed by atoms with Crippen LogP contribution >= 0.6 is 0 Å². The summed E-state index contributed by atoms with van der Waals surface area (Å²) < 4.78 is 0. The molecule has 0 saturated heterocycles. The Labute approximate surface area is 125 Å². The molecule has 0 aliphatic heterocycles. The van der Waals surface area contributed by atoms with Gasteiger partial charge < -0.3 is 4.90 Å². The van der Waals surface area contributed by atoms with Gasteiger partial charge in [0.25, 0.3) is 5.91 Å². The molecule has 0 bridgehead atoms. The number of carbonyl (C=O) groups excluding carboxylic acids is 1. The van der Waals surface area contributed by atoms with E-state index in [-0.39, 0.29) is 5.91 Å². The first kappa shape index (κ1) is 14.0. The van der Waals surface area contributed by atoms with Crippen molar-refractivity contribution in [2.24, 2.45) is 0 Å². The van der Waals surface area contributed by atoms with Crippen molar-refractivity contribution in [3.63, 3.8) is 0 Å². The van der Waals surface area contributed by atoms with E-state index in [4.69, 9.17) is 0 Å². The normalized spacial score (nSPS) is 16.0. The molecule has 1 amide bonds. The smallest absolute Gasteiger partial charge is 0.274 e. The third kappa shape index (κ3) is 2.89. The molecule has 110 valence electrons. The van der Waals surface area contributed by atoms with E-state index >= 15 is 0 Å². The van der Waals surface area contributed by atoms with Gasteiger partial charge in [-0.2, -0.15) is 0 Å². The largest absolute Gasteiger partial charge is 0.335 e. The fourth-order valence-corrected chi connectivity index (χ4v) is 3.17. The minimum Gasteiger partial charge on any atom is -0.335 e. The Morgan fingerprint density at radius 2 is 1.90 bits per heavy atom. The Hall–Kier alpha value is -1.97. The van der Waals surface area contributed by atoms with E-state index in [1.54, 1.807) is 6.20 Å². The molecule has 1 saturated carbocycles. The summed E-state index contributed by atoms with van der Waals surface area (Å²) in [6, 6.07) is 8.03. The van der Waals surface area contributed by atoms with Crippen molar-refractivity contribution in [1.82, 2.24) is 14.9 Å². The first-order valence-corrected chi connectivity index (χ1v) is 7.82. The van der Waals surface area contributed by atoms with Gasteiger partial charge in [-0.15, -0.1) is 0 Å². The number of fused-ring (bicyclic) bond motifs is 1. The first-order chi connectivity index (χ1) is 10.3. The van der Waals surface area contributed by atoms with Gasteiger partial charge in [-0.25, -0.2) is 4.98 Å². The zero-order valence-electron chi connectivity index (χ0n) is 12.5. The van der Waals surface area contributed by atoms with Crippen LogP contribution in [0.4, 0.5) is 0 Å². The average Bonchev–Trinajstić information content (AvgIpc) is 2.56. The van der Waals surface area contributed by atoms with Gasteiger partial charge in [0, 0.05) is 12.6 Å². The van der Waals surface area contributed by atoms with E-state index in [9.17, 15) is 4.79 Å². The standard InChI is InChI=1S/C17H21N3O/c1-2-20(13-8-4-3-5-9-13)17(21)16-12-18-14-10-6-7-11-15(14)19-16/h6-7,10-13H,2-5,8-9H2,1H3. The fraction of sp³-hybridized carbons (Fsp3) is 0.471. The van der Waals surface area contributed by atoms with Gasteiger partial charge in [-0.05, 0) is 31.9 Å². The zero-order chi connectivity index (χ0) is 14.7. The zero-order valence-corrected chi connectivity index (χ0v) is 12.5. The third-order valence-corrected chi connectivity index (χ3v) is 4.28. The molecular formula is C17H21N3O. The number of hydrogen-bond donors (Lipinski definition) is 0. The van der Waals surface area contributed by atoms with E-state index in [0.29, 0.717) is 11.7 Å². The second kappa shape index (κ2) is 6.20. The van der Waals surface area contributed by atoms with Crippen LogP contribution in [0.25, 0.3) is 11.0 Å². The molecule has 0 unspecified atom stereocenters. The molecule has 2 aromatic rings. The summed E-state index contributed by atoms with van der Waals surface area (Å²) in [4.78, 5) is 23.6. The van der Waals surface area contributed by atoms with Crippen molar-refractivity contribution in [2.45, 2.75) is 45.1 Å². The lowest BCUT2D eigenvalue weighted by Crippen LogP contribution is -2.41. The lowest BCUT2D eigenvalue weighted by molar-refractivity contribution is 0.0642. The van der Waals surface area contributed by atoms with Gasteiger partial charge in [0.05, 0.1) is 17.2 Å². The van der Waals surface area contributed by atoms with Gasteiger partial charge in [-0.1, -0.05) is 31.4 Å². The number of amides is 1. The second-order valence-corrected chi connectivity index (χ2v) is 5.63. The van der Waals surface area contributed by atoms with Crippen molar-refractivity contribution < 1.29 is 4.79 Å². The number of rotatable bonds is 3. The van der Waals surface area contributed by atoms with Gasteiger partial charge in [0.15, 0.2) is 0 Å². The summed E-state index contributed by atoms with van der Waals surface area (Å²) in [6.07, 6.45) is 7.56. The molecule has 4 nitrogen and oxygen atoms in total. The highest BCUT2D eigenvalue weighted by atomic mass is 16.2. The lowest BCUT2D eigenvalue weighted by Gasteiger charge is -2.33. The molecule has 4 heteroatoms. The van der Waals surface area contributed by atoms with Crippen LogP contribution in [0.5, 0.6) is 0 Å². The summed E-state index contributed by atoms with van der Waals surface area (Å²) in [7, 11) is 0. The maximum Gasteiger partial charge on any atom is 0.274 e. The Kier molecular flexibility index (Phi) is 4.13. The molecular weight excluding hydrogens is 262 g/mol. The molecule has 1 aliphatic rings. The minimum atomic E-state index is 0.0163. The SMILES string of the molecule is CCN(C(=O)c1cnc2ccccc2n1)C1CCCCC1. The quantitative estimate of drug-likeness (QED) is 0.867. The summed E-state index contributed by atoms with van der Waals surface area (Å²) in [6.45, 7) is 2.78. The number of aromatic nitrogens is 2. The van der Waals surface area contributed by atoms with Crippen LogP contribution in [-0.2, 0) is 0 Å². The van der Waals surface area contributed by atoms with Crippen molar-refractivity contribution in [2.75, 3.05) is 6.54 Å². The van der Waals surface area contributed by atoms with Crippen LogP contribution in [0.2, 0.25) is 0 Å². The van der Waals surface area contributed by atoms with Crippen molar-refractivity contribution >= 4 is 16.9 Å². The van der Waals surface area contributed by atoms with E-state index < -0.39 is 0 Å². The first-order valence-electron chi connectivity index (χ1n) is 7.82. The Morgan fingerprint density at radius 3 is 2.62 bits per heavy atom. The van der Waals surface area contributed by atoms with E-state index in [1.807, 2.05) is 36.1 Å². The topological polar surface area (TPSA) is 46.1 Å². The molecule has 1 aromatic carbocycles. The van der Waals surface area contributed by atoms with Crippen molar-refractivity contribution in [3.05, 3.63) is 36.2 Å². The van der Waals surface area contributed by atoms with Crippen LogP contribution < -0.4 is 0 Å². The number of hydrogen-bond acceptors (Lipinski definition) is 3. The van der Waals surface area contributed by atoms with Gasteiger partial charge in [-0.3, -0.25) is 9.78 Å². The monoisotopic (exact) mass is 283 g/mol. The van der Waals surface area contributed by atoms with Gasteiger partial charge >= 0.3 is 0 Å². The summed E-state index contributed by atoms with van der Waals surface area (Å²) in [5.74, 6) is 0.0163. The summed E-state index contributed by atoms with van der Waals surface area (Å²) >= 11 is 0. The number of para-hydroxylation sites is 2. The van der Waals surface area contributed by atoms with E-state index in [0.717, 1.165) is 30.4 Å². The lowest BCUT2D eigenvalue weighted by atomic mass is 9.94. The highest BCUT2D eigenvalue weighted by Crippen LogP contribution is 2.23. The maximum absolute atomic E-state index is 12.7. The van der Waals surface area contributed by atoms with Crippen molar-refractivity contribution in [1.29, 1.82) is 0 Å². The second-order valence-electron chi connectivity index (χ2n) is 5.63. The van der Waals surface area contributed by atoms with Gasteiger partial charge in [0.2, 0.25) is 0 Å². The Bertz CT molecular complexity index is 635. The van der Waals surface area contributed by atoms with E-state index in [2.05, 4.69) is 9.97 Å². The van der Waals surface area contributed by atoms with Crippen molar-refractivity contribution in [3.8, 4) is 0 Å². The summed E-state index contributed by atoms with van der Waals surface area (Å²) in [5.41, 5.74) is 2.07. The molecule has 0 N–H and O–H groups in total. The fourth-order valence-electron chi connectivity index (χ4n) is 3.17. The average molecular weight is 283 g/mol. The molecule has 1 heterocycles. The van der Waals surface area contributed by atoms with Crippen LogP contribution in [0.3, 0.4) is 0 Å². The molecule has 1 fully saturated rings. The Balaban J connectivity index is 1.86. The summed E-state index contributed by atoms with van der Waals surface area (Å²) in [5, 5.41) is 0.